The van der Waals surface area contributed by atoms with Crippen LogP contribution in [0.4, 0.5) is 10.1 Å². The van der Waals surface area contributed by atoms with Gasteiger partial charge < -0.3 is 9.88 Å². The molecule has 0 unspecified atom stereocenters. The van der Waals surface area contributed by atoms with Gasteiger partial charge in [-0.1, -0.05) is 24.3 Å². The molecule has 1 aromatic heterocycles. The Kier molecular flexibility index (Phi) is 3.44. The summed E-state index contributed by atoms with van der Waals surface area (Å²) in [6, 6.07) is 13.7. The van der Waals surface area contributed by atoms with Crippen molar-refractivity contribution < 1.29 is 9.18 Å². The Bertz CT molecular complexity index is 794. The standard InChI is InChI=1S/C17H15FN2O/c1-2-20(13-7-5-6-12(18)10-13)17(21)15-11-19-16-9-4-3-8-14(15)16/h3-11,19H,2H2,1H3. The van der Waals surface area contributed by atoms with Gasteiger partial charge in [0.2, 0.25) is 0 Å². The fourth-order valence-corrected chi connectivity index (χ4v) is 2.48. The number of anilines is 1. The second kappa shape index (κ2) is 5.40. The Morgan fingerprint density at radius 2 is 2.00 bits per heavy atom. The maximum absolute atomic E-state index is 13.4. The predicted octanol–water partition coefficient (Wildman–Crippen LogP) is 3.97. The molecule has 21 heavy (non-hydrogen) atoms. The summed E-state index contributed by atoms with van der Waals surface area (Å²) in [6.45, 7) is 2.35. The average Bonchev–Trinajstić information content (AvgIpc) is 2.92. The van der Waals surface area contributed by atoms with E-state index < -0.39 is 0 Å². The molecule has 0 saturated heterocycles. The van der Waals surface area contributed by atoms with E-state index in [9.17, 15) is 9.18 Å². The van der Waals surface area contributed by atoms with Crippen LogP contribution in [-0.2, 0) is 0 Å². The van der Waals surface area contributed by atoms with Crippen molar-refractivity contribution in [2.24, 2.45) is 0 Å². The van der Waals surface area contributed by atoms with E-state index in [0.29, 0.717) is 17.8 Å². The van der Waals surface area contributed by atoms with Gasteiger partial charge in [0.15, 0.2) is 0 Å². The number of carbonyl (C=O) groups excluding carboxylic acids is 1. The smallest absolute Gasteiger partial charge is 0.260 e. The SMILES string of the molecule is CCN(C(=O)c1c[nH]c2ccccc12)c1cccc(F)c1. The van der Waals surface area contributed by atoms with Crippen LogP contribution < -0.4 is 4.90 Å². The summed E-state index contributed by atoms with van der Waals surface area (Å²) in [4.78, 5) is 17.4. The normalized spacial score (nSPS) is 10.8. The number of H-pyrrole nitrogens is 1. The van der Waals surface area contributed by atoms with Gasteiger partial charge in [-0.05, 0) is 31.2 Å². The van der Waals surface area contributed by atoms with Gasteiger partial charge in [-0.2, -0.15) is 0 Å². The molecule has 0 fully saturated rings. The topological polar surface area (TPSA) is 36.1 Å². The molecule has 0 spiro atoms. The summed E-state index contributed by atoms with van der Waals surface area (Å²) in [7, 11) is 0. The van der Waals surface area contributed by atoms with Crippen molar-refractivity contribution in [1.29, 1.82) is 0 Å². The highest BCUT2D eigenvalue weighted by atomic mass is 19.1. The number of aromatic nitrogens is 1. The number of hydrogen-bond acceptors (Lipinski definition) is 1. The number of amides is 1. The molecule has 106 valence electrons. The van der Waals surface area contributed by atoms with Crippen LogP contribution >= 0.6 is 0 Å². The van der Waals surface area contributed by atoms with Gasteiger partial charge in [0.25, 0.3) is 5.91 Å². The average molecular weight is 282 g/mol. The molecule has 3 rings (SSSR count). The number of hydrogen-bond donors (Lipinski definition) is 1. The van der Waals surface area contributed by atoms with Crippen molar-refractivity contribution >= 4 is 22.5 Å². The number of aromatic amines is 1. The van der Waals surface area contributed by atoms with Gasteiger partial charge >= 0.3 is 0 Å². The number of nitrogens with one attached hydrogen (secondary N) is 1. The molecule has 0 radical (unpaired) electrons. The number of fused-ring (bicyclic) bond motifs is 1. The third-order valence-electron chi connectivity index (χ3n) is 3.50. The molecular weight excluding hydrogens is 267 g/mol. The summed E-state index contributed by atoms with van der Waals surface area (Å²) < 4.78 is 13.4. The monoisotopic (exact) mass is 282 g/mol. The zero-order valence-electron chi connectivity index (χ0n) is 11.6. The molecule has 0 aliphatic rings. The van der Waals surface area contributed by atoms with E-state index in [2.05, 4.69) is 4.98 Å². The molecule has 0 aliphatic heterocycles. The minimum Gasteiger partial charge on any atom is -0.360 e. The van der Waals surface area contributed by atoms with Gasteiger partial charge in [-0.15, -0.1) is 0 Å². The summed E-state index contributed by atoms with van der Waals surface area (Å²) in [5.41, 5.74) is 2.07. The van der Waals surface area contributed by atoms with E-state index in [0.717, 1.165) is 10.9 Å². The van der Waals surface area contributed by atoms with Crippen molar-refractivity contribution in [3.05, 3.63) is 66.1 Å². The molecule has 3 aromatic rings. The fourth-order valence-electron chi connectivity index (χ4n) is 2.48. The van der Waals surface area contributed by atoms with Gasteiger partial charge in [0, 0.05) is 29.3 Å². The largest absolute Gasteiger partial charge is 0.360 e. The first-order chi connectivity index (χ1) is 10.2. The van der Waals surface area contributed by atoms with Crippen molar-refractivity contribution in [1.82, 2.24) is 4.98 Å². The molecule has 0 aliphatic carbocycles. The highest BCUT2D eigenvalue weighted by Gasteiger charge is 2.19. The highest BCUT2D eigenvalue weighted by Crippen LogP contribution is 2.23. The number of carbonyl (C=O) groups is 1. The quantitative estimate of drug-likeness (QED) is 0.775. The van der Waals surface area contributed by atoms with Crippen LogP contribution in [0.25, 0.3) is 10.9 Å². The van der Waals surface area contributed by atoms with Crippen LogP contribution in [-0.4, -0.2) is 17.4 Å². The minimum absolute atomic E-state index is 0.138. The van der Waals surface area contributed by atoms with Crippen LogP contribution in [0.1, 0.15) is 17.3 Å². The van der Waals surface area contributed by atoms with Crippen LogP contribution in [0.3, 0.4) is 0 Å². The number of halogens is 1. The van der Waals surface area contributed by atoms with E-state index in [1.165, 1.54) is 12.1 Å². The fraction of sp³-hybridized carbons (Fsp3) is 0.118. The summed E-state index contributed by atoms with van der Waals surface area (Å²) in [6.07, 6.45) is 1.70. The molecule has 1 amide bonds. The molecule has 1 N–H and O–H groups in total. The summed E-state index contributed by atoms with van der Waals surface area (Å²) in [5, 5.41) is 0.873. The van der Waals surface area contributed by atoms with Crippen LogP contribution in [0, 0.1) is 5.82 Å². The number of nitrogens with zero attached hydrogens (tertiary/aromatic N) is 1. The first kappa shape index (κ1) is 13.4. The van der Waals surface area contributed by atoms with E-state index in [4.69, 9.17) is 0 Å². The minimum atomic E-state index is -0.349. The Hall–Kier alpha value is -2.62. The van der Waals surface area contributed by atoms with Gasteiger partial charge in [0.05, 0.1) is 5.56 Å². The lowest BCUT2D eigenvalue weighted by Crippen LogP contribution is -2.30. The van der Waals surface area contributed by atoms with Crippen LogP contribution in [0.2, 0.25) is 0 Å². The van der Waals surface area contributed by atoms with Gasteiger partial charge in [0.1, 0.15) is 5.82 Å². The summed E-state index contributed by atoms with van der Waals surface area (Å²) >= 11 is 0. The zero-order valence-corrected chi connectivity index (χ0v) is 11.6. The van der Waals surface area contributed by atoms with Crippen molar-refractivity contribution in [3.8, 4) is 0 Å². The van der Waals surface area contributed by atoms with Crippen molar-refractivity contribution in [2.45, 2.75) is 6.92 Å². The van der Waals surface area contributed by atoms with E-state index >= 15 is 0 Å². The van der Waals surface area contributed by atoms with Gasteiger partial charge in [-0.3, -0.25) is 4.79 Å². The molecular formula is C17H15FN2O. The lowest BCUT2D eigenvalue weighted by Gasteiger charge is -2.20. The molecule has 0 saturated carbocycles. The van der Waals surface area contributed by atoms with E-state index in [1.54, 1.807) is 23.2 Å². The van der Waals surface area contributed by atoms with E-state index in [1.807, 2.05) is 31.2 Å². The second-order valence-electron chi connectivity index (χ2n) is 4.78. The predicted molar refractivity (Wildman–Crippen MR) is 82.0 cm³/mol. The molecule has 3 nitrogen and oxygen atoms in total. The molecule has 0 bridgehead atoms. The molecule has 0 atom stereocenters. The van der Waals surface area contributed by atoms with Crippen molar-refractivity contribution in [3.63, 3.8) is 0 Å². The molecule has 4 heteroatoms. The maximum atomic E-state index is 13.4. The van der Waals surface area contributed by atoms with Crippen LogP contribution in [0.15, 0.2) is 54.7 Å². The Labute approximate surface area is 122 Å². The number of rotatable bonds is 3. The number of benzene rings is 2. The Morgan fingerprint density at radius 1 is 1.19 bits per heavy atom. The number of para-hydroxylation sites is 1. The first-order valence-corrected chi connectivity index (χ1v) is 6.84. The lowest BCUT2D eigenvalue weighted by molar-refractivity contribution is 0.0990. The first-order valence-electron chi connectivity index (χ1n) is 6.84. The second-order valence-corrected chi connectivity index (χ2v) is 4.78. The Balaban J connectivity index is 2.03. The molecule has 1 heterocycles. The third kappa shape index (κ3) is 2.40. The summed E-state index contributed by atoms with van der Waals surface area (Å²) in [5.74, 6) is -0.488. The van der Waals surface area contributed by atoms with E-state index in [-0.39, 0.29) is 11.7 Å². The Morgan fingerprint density at radius 3 is 2.76 bits per heavy atom. The maximum Gasteiger partial charge on any atom is 0.260 e. The van der Waals surface area contributed by atoms with Gasteiger partial charge in [-0.25, -0.2) is 4.39 Å². The highest BCUT2D eigenvalue weighted by molar-refractivity contribution is 6.13. The van der Waals surface area contributed by atoms with Crippen LogP contribution in [0.5, 0.6) is 0 Å². The van der Waals surface area contributed by atoms with Crippen molar-refractivity contribution in [2.75, 3.05) is 11.4 Å². The molecule has 2 aromatic carbocycles. The zero-order chi connectivity index (χ0) is 14.8. The lowest BCUT2D eigenvalue weighted by atomic mass is 10.1. The third-order valence-corrected chi connectivity index (χ3v) is 3.50.